The van der Waals surface area contributed by atoms with Crippen molar-refractivity contribution < 1.29 is 22.7 Å². The molecule has 1 aliphatic rings. The van der Waals surface area contributed by atoms with Gasteiger partial charge in [-0.15, -0.1) is 13.2 Å². The number of fused-ring (bicyclic) bond motifs is 1. The Labute approximate surface area is 143 Å². The molecule has 132 valence electrons. The van der Waals surface area contributed by atoms with Crippen LogP contribution in [0.15, 0.2) is 48.5 Å². The van der Waals surface area contributed by atoms with E-state index in [2.05, 4.69) is 4.74 Å². The lowest BCUT2D eigenvalue weighted by atomic mass is 9.96. The van der Waals surface area contributed by atoms with Gasteiger partial charge in [-0.1, -0.05) is 30.3 Å². The quantitative estimate of drug-likeness (QED) is 0.917. The maximum absolute atomic E-state index is 12.4. The van der Waals surface area contributed by atoms with Crippen LogP contribution in [-0.2, 0) is 11.2 Å². The fraction of sp³-hybridized carbons (Fsp3) is 0.278. The molecule has 2 aromatic carbocycles. The zero-order valence-electron chi connectivity index (χ0n) is 13.3. The molecule has 2 N–H and O–H groups in total. The summed E-state index contributed by atoms with van der Waals surface area (Å²) in [5.74, 6) is -0.766. The van der Waals surface area contributed by atoms with E-state index < -0.39 is 18.3 Å². The van der Waals surface area contributed by atoms with Crippen molar-refractivity contribution in [2.45, 2.75) is 25.2 Å². The number of aryl methyl sites for hydroxylation is 1. The first-order valence-corrected chi connectivity index (χ1v) is 7.85. The molecule has 2 aromatic rings. The third kappa shape index (κ3) is 3.87. The number of benzene rings is 2. The molecule has 0 aromatic heterocycles. The molecule has 0 saturated heterocycles. The number of carbonyl (C=O) groups is 1. The zero-order valence-corrected chi connectivity index (χ0v) is 13.3. The lowest BCUT2D eigenvalue weighted by molar-refractivity contribution is -0.274. The van der Waals surface area contributed by atoms with Crippen molar-refractivity contribution in [2.24, 2.45) is 5.73 Å². The predicted molar refractivity (Wildman–Crippen MR) is 87.2 cm³/mol. The normalized spacial score (nSPS) is 15.4. The van der Waals surface area contributed by atoms with Gasteiger partial charge in [-0.3, -0.25) is 4.79 Å². The average molecular weight is 350 g/mol. The number of ether oxygens (including phenoxy) is 1. The summed E-state index contributed by atoms with van der Waals surface area (Å²) in [6.45, 7) is 0.592. The number of nitrogens with two attached hydrogens (primary N) is 1. The Kier molecular flexibility index (Phi) is 4.57. The largest absolute Gasteiger partial charge is 0.573 e. The number of carbonyl (C=O) groups excluding carboxylic acids is 1. The van der Waals surface area contributed by atoms with Crippen molar-refractivity contribution in [1.82, 2.24) is 0 Å². The second kappa shape index (κ2) is 6.66. The summed E-state index contributed by atoms with van der Waals surface area (Å²) in [5, 5.41) is 0. The lowest BCUT2D eigenvalue weighted by Gasteiger charge is -2.36. The Hall–Kier alpha value is -2.70. The number of hydrogen-bond acceptors (Lipinski definition) is 3. The van der Waals surface area contributed by atoms with Crippen LogP contribution < -0.4 is 15.4 Å². The minimum absolute atomic E-state index is 0.261. The molecule has 0 fully saturated rings. The molecular formula is C18H17F3N2O2. The second-order valence-electron chi connectivity index (χ2n) is 5.85. The first kappa shape index (κ1) is 17.1. The molecule has 3 rings (SSSR count). The minimum atomic E-state index is -4.73. The van der Waals surface area contributed by atoms with E-state index in [0.29, 0.717) is 30.6 Å². The molecule has 0 unspecified atom stereocenters. The van der Waals surface area contributed by atoms with E-state index in [1.165, 1.54) is 12.1 Å². The highest BCUT2D eigenvalue weighted by Gasteiger charge is 2.33. The van der Waals surface area contributed by atoms with Crippen LogP contribution in [-0.4, -0.2) is 18.8 Å². The van der Waals surface area contributed by atoms with E-state index >= 15 is 0 Å². The average Bonchev–Trinajstić information content (AvgIpc) is 2.54. The van der Waals surface area contributed by atoms with Gasteiger partial charge in [-0.25, -0.2) is 0 Å². The van der Waals surface area contributed by atoms with Crippen molar-refractivity contribution in [3.63, 3.8) is 0 Å². The van der Waals surface area contributed by atoms with Gasteiger partial charge in [0.25, 0.3) is 0 Å². The zero-order chi connectivity index (χ0) is 18.0. The molecule has 1 heterocycles. The van der Waals surface area contributed by atoms with Gasteiger partial charge in [0.1, 0.15) is 11.8 Å². The number of primary amides is 1. The number of amides is 1. The van der Waals surface area contributed by atoms with Gasteiger partial charge >= 0.3 is 6.36 Å². The first-order chi connectivity index (χ1) is 11.8. The Balaban J connectivity index is 1.96. The molecular weight excluding hydrogens is 333 g/mol. The summed E-state index contributed by atoms with van der Waals surface area (Å²) >= 11 is 0. The van der Waals surface area contributed by atoms with Crippen LogP contribution in [0.2, 0.25) is 0 Å². The lowest BCUT2D eigenvalue weighted by Crippen LogP contribution is -2.40. The highest BCUT2D eigenvalue weighted by atomic mass is 19.4. The number of alkyl halides is 3. The van der Waals surface area contributed by atoms with Crippen LogP contribution in [0.25, 0.3) is 0 Å². The summed E-state index contributed by atoms with van der Waals surface area (Å²) in [7, 11) is 0. The molecule has 1 atom stereocenters. The SMILES string of the molecule is NC(=O)[C@@H](c1ccccc1)N1CCCc2cc(OC(F)(F)F)ccc21. The monoisotopic (exact) mass is 350 g/mol. The van der Waals surface area contributed by atoms with Gasteiger partial charge in [0, 0.05) is 12.2 Å². The number of hydrogen-bond donors (Lipinski definition) is 1. The standard InChI is InChI=1S/C18H17F3N2O2/c19-18(20,21)25-14-8-9-15-13(11-14)7-4-10-23(15)16(17(22)24)12-5-2-1-3-6-12/h1-3,5-6,8-9,11,16H,4,7,10H2,(H2,22,24)/t16-/m1/s1. The maximum Gasteiger partial charge on any atom is 0.573 e. The first-order valence-electron chi connectivity index (χ1n) is 7.85. The van der Waals surface area contributed by atoms with E-state index in [4.69, 9.17) is 5.73 Å². The topological polar surface area (TPSA) is 55.6 Å². The number of halogens is 3. The van der Waals surface area contributed by atoms with Crippen molar-refractivity contribution in [3.05, 3.63) is 59.7 Å². The molecule has 0 spiro atoms. The second-order valence-corrected chi connectivity index (χ2v) is 5.85. The van der Waals surface area contributed by atoms with Gasteiger partial charge in [-0.2, -0.15) is 0 Å². The van der Waals surface area contributed by atoms with Crippen molar-refractivity contribution in [2.75, 3.05) is 11.4 Å². The Morgan fingerprint density at radius 1 is 1.16 bits per heavy atom. The van der Waals surface area contributed by atoms with E-state index in [0.717, 1.165) is 5.56 Å². The highest BCUT2D eigenvalue weighted by molar-refractivity contribution is 5.85. The third-order valence-corrected chi connectivity index (χ3v) is 4.14. The van der Waals surface area contributed by atoms with Crippen LogP contribution in [0, 0.1) is 0 Å². The molecule has 25 heavy (non-hydrogen) atoms. The van der Waals surface area contributed by atoms with E-state index in [1.54, 1.807) is 6.07 Å². The third-order valence-electron chi connectivity index (χ3n) is 4.14. The van der Waals surface area contributed by atoms with E-state index in [1.807, 2.05) is 35.2 Å². The summed E-state index contributed by atoms with van der Waals surface area (Å²) in [6, 6.07) is 12.6. The molecule has 0 aliphatic carbocycles. The van der Waals surface area contributed by atoms with Crippen molar-refractivity contribution >= 4 is 11.6 Å². The Morgan fingerprint density at radius 2 is 1.88 bits per heavy atom. The summed E-state index contributed by atoms with van der Waals surface area (Å²) in [5.41, 5.74) is 7.77. The van der Waals surface area contributed by atoms with Crippen LogP contribution in [0.4, 0.5) is 18.9 Å². The molecule has 0 bridgehead atoms. The molecule has 1 amide bonds. The van der Waals surface area contributed by atoms with Crippen molar-refractivity contribution in [1.29, 1.82) is 0 Å². The van der Waals surface area contributed by atoms with Gasteiger partial charge < -0.3 is 15.4 Å². The van der Waals surface area contributed by atoms with Crippen LogP contribution in [0.5, 0.6) is 5.75 Å². The Bertz CT molecular complexity index is 763. The van der Waals surface area contributed by atoms with Crippen LogP contribution in [0.3, 0.4) is 0 Å². The van der Waals surface area contributed by atoms with Crippen LogP contribution in [0.1, 0.15) is 23.6 Å². The smallest absolute Gasteiger partial charge is 0.406 e. The van der Waals surface area contributed by atoms with Gasteiger partial charge in [0.2, 0.25) is 5.91 Å². The van der Waals surface area contributed by atoms with Gasteiger partial charge in [0.05, 0.1) is 0 Å². The van der Waals surface area contributed by atoms with Gasteiger partial charge in [0.15, 0.2) is 0 Å². The number of rotatable bonds is 4. The number of nitrogens with zero attached hydrogens (tertiary/aromatic N) is 1. The van der Waals surface area contributed by atoms with Crippen LogP contribution >= 0.6 is 0 Å². The molecule has 7 heteroatoms. The van der Waals surface area contributed by atoms with Gasteiger partial charge in [-0.05, 0) is 42.2 Å². The number of anilines is 1. The Morgan fingerprint density at radius 3 is 2.52 bits per heavy atom. The molecule has 4 nitrogen and oxygen atoms in total. The predicted octanol–water partition coefficient (Wildman–Crippen LogP) is 3.56. The molecule has 0 saturated carbocycles. The van der Waals surface area contributed by atoms with E-state index in [-0.39, 0.29) is 5.75 Å². The maximum atomic E-state index is 12.4. The fourth-order valence-electron chi connectivity index (χ4n) is 3.20. The summed E-state index contributed by atoms with van der Waals surface area (Å²) in [6.07, 6.45) is -3.41. The highest BCUT2D eigenvalue weighted by Crippen LogP contribution is 2.37. The minimum Gasteiger partial charge on any atom is -0.406 e. The van der Waals surface area contributed by atoms with Crippen molar-refractivity contribution in [3.8, 4) is 5.75 Å². The summed E-state index contributed by atoms with van der Waals surface area (Å²) in [4.78, 5) is 13.9. The molecule has 0 radical (unpaired) electrons. The van der Waals surface area contributed by atoms with E-state index in [9.17, 15) is 18.0 Å². The fourth-order valence-corrected chi connectivity index (χ4v) is 3.20. The summed E-state index contributed by atoms with van der Waals surface area (Å²) < 4.78 is 41.2. The molecule has 1 aliphatic heterocycles.